The number of hydrogen-bond donors (Lipinski definition) is 1. The number of alkyl halides is 3. The number of rotatable bonds is 4. The topological polar surface area (TPSA) is 55.6 Å². The minimum absolute atomic E-state index is 0.415. The Balaban J connectivity index is 1.78. The highest BCUT2D eigenvalue weighted by molar-refractivity contribution is 5.51. The van der Waals surface area contributed by atoms with Gasteiger partial charge in [-0.05, 0) is 66.4 Å². The minimum atomic E-state index is -4.39. The summed E-state index contributed by atoms with van der Waals surface area (Å²) in [5.41, 5.74) is 2.09. The summed E-state index contributed by atoms with van der Waals surface area (Å²) in [5.74, 6) is 0.629. The highest BCUT2D eigenvalue weighted by Gasteiger charge is 2.41. The summed E-state index contributed by atoms with van der Waals surface area (Å²) in [5, 5.41) is 15.8. The normalized spacial score (nSPS) is 16.2. The van der Waals surface area contributed by atoms with Gasteiger partial charge in [0, 0.05) is 5.69 Å². The number of anilines is 1. The maximum atomic E-state index is 13.2. The molecule has 3 aromatic rings. The quantitative estimate of drug-likeness (QED) is 0.655. The van der Waals surface area contributed by atoms with Gasteiger partial charge in [0.1, 0.15) is 0 Å². The lowest BCUT2D eigenvalue weighted by Gasteiger charge is -2.31. The number of hydrogen-bond acceptors (Lipinski definition) is 4. The third kappa shape index (κ3) is 3.59. The van der Waals surface area contributed by atoms with E-state index in [9.17, 15) is 13.2 Å². The van der Waals surface area contributed by atoms with Gasteiger partial charge >= 0.3 is 6.18 Å². The van der Waals surface area contributed by atoms with Crippen molar-refractivity contribution in [3.8, 4) is 5.69 Å². The van der Waals surface area contributed by atoms with Crippen LogP contribution in [0.1, 0.15) is 48.2 Å². The van der Waals surface area contributed by atoms with Crippen LogP contribution in [0.3, 0.4) is 0 Å². The highest BCUT2D eigenvalue weighted by atomic mass is 19.4. The van der Waals surface area contributed by atoms with Crippen molar-refractivity contribution < 1.29 is 13.2 Å². The Morgan fingerprint density at radius 2 is 1.66 bits per heavy atom. The van der Waals surface area contributed by atoms with E-state index < -0.39 is 17.3 Å². The molecule has 1 aromatic heterocycles. The molecule has 4 rings (SSSR count). The zero-order valence-electron chi connectivity index (χ0n) is 16.3. The summed E-state index contributed by atoms with van der Waals surface area (Å²) in [6.45, 7) is 3.99. The fraction of sp³-hybridized carbons (Fsp3) is 0.381. The van der Waals surface area contributed by atoms with Crippen LogP contribution in [0.4, 0.5) is 18.9 Å². The Morgan fingerprint density at radius 1 is 1.00 bits per heavy atom. The average Bonchev–Trinajstić information content (AvgIpc) is 3.32. The minimum Gasteiger partial charge on any atom is -0.373 e. The molecule has 5 nitrogen and oxygen atoms in total. The van der Waals surface area contributed by atoms with Gasteiger partial charge in [0.15, 0.2) is 5.82 Å². The molecule has 0 atom stereocenters. The second-order valence-electron chi connectivity index (χ2n) is 7.65. The van der Waals surface area contributed by atoms with Crippen LogP contribution in [0.5, 0.6) is 0 Å². The van der Waals surface area contributed by atoms with Crippen LogP contribution in [0, 0.1) is 13.8 Å². The molecule has 1 saturated carbocycles. The van der Waals surface area contributed by atoms with Crippen molar-refractivity contribution in [1.29, 1.82) is 0 Å². The van der Waals surface area contributed by atoms with E-state index in [1.54, 1.807) is 10.7 Å². The van der Waals surface area contributed by atoms with E-state index in [0.717, 1.165) is 54.6 Å². The number of nitrogens with one attached hydrogen (secondary N) is 1. The molecule has 8 heteroatoms. The monoisotopic (exact) mass is 401 g/mol. The van der Waals surface area contributed by atoms with Crippen LogP contribution >= 0.6 is 0 Å². The van der Waals surface area contributed by atoms with Gasteiger partial charge in [-0.2, -0.15) is 17.9 Å². The summed E-state index contributed by atoms with van der Waals surface area (Å²) < 4.78 is 41.2. The molecule has 0 amide bonds. The first kappa shape index (κ1) is 19.4. The van der Waals surface area contributed by atoms with E-state index in [4.69, 9.17) is 0 Å². The van der Waals surface area contributed by atoms with Crippen molar-refractivity contribution in [2.75, 3.05) is 5.32 Å². The van der Waals surface area contributed by atoms with Crippen molar-refractivity contribution in [2.24, 2.45) is 0 Å². The standard InChI is InChI=1S/C21H22F3N5/c1-14-7-5-8-15(2)18(14)29-19(26-27-28-29)20(11-3-4-12-20)25-17-10-6-9-16(13-17)21(22,23)24/h5-10,13,25H,3-4,11-12H2,1-2H3. The lowest BCUT2D eigenvalue weighted by Crippen LogP contribution is -2.36. The van der Waals surface area contributed by atoms with Crippen molar-refractivity contribution in [3.05, 3.63) is 65.0 Å². The number of para-hydroxylation sites is 1. The SMILES string of the molecule is Cc1cccc(C)c1-n1nnnc1C1(Nc2cccc(C(F)(F)F)c2)CCCC1. The Kier molecular flexibility index (Phi) is 4.80. The van der Waals surface area contributed by atoms with E-state index in [0.29, 0.717) is 11.5 Å². The number of benzene rings is 2. The molecule has 152 valence electrons. The van der Waals surface area contributed by atoms with Crippen LogP contribution in [-0.2, 0) is 11.7 Å². The molecular weight excluding hydrogens is 379 g/mol. The third-order valence-electron chi connectivity index (χ3n) is 5.58. The molecule has 0 radical (unpaired) electrons. The van der Waals surface area contributed by atoms with Gasteiger partial charge in [-0.15, -0.1) is 5.10 Å². The van der Waals surface area contributed by atoms with Gasteiger partial charge in [-0.25, -0.2) is 0 Å². The molecule has 1 aliphatic carbocycles. The van der Waals surface area contributed by atoms with Crippen molar-refractivity contribution >= 4 is 5.69 Å². The van der Waals surface area contributed by atoms with Crippen molar-refractivity contribution in [1.82, 2.24) is 20.2 Å². The largest absolute Gasteiger partial charge is 0.416 e. The molecule has 29 heavy (non-hydrogen) atoms. The summed E-state index contributed by atoms with van der Waals surface area (Å²) in [6.07, 6.45) is -0.999. The van der Waals surface area contributed by atoms with Gasteiger partial charge in [0.25, 0.3) is 0 Å². The first-order valence-corrected chi connectivity index (χ1v) is 9.61. The number of aromatic nitrogens is 4. The maximum Gasteiger partial charge on any atom is 0.416 e. The fourth-order valence-corrected chi connectivity index (χ4v) is 4.21. The number of nitrogens with zero attached hydrogens (tertiary/aromatic N) is 4. The van der Waals surface area contributed by atoms with Crippen LogP contribution in [0.25, 0.3) is 5.69 Å². The molecule has 0 unspecified atom stereocenters. The summed E-state index contributed by atoms with van der Waals surface area (Å²) in [6, 6.07) is 11.3. The third-order valence-corrected chi connectivity index (χ3v) is 5.58. The Hall–Kier alpha value is -2.90. The number of tetrazole rings is 1. The number of halogens is 3. The maximum absolute atomic E-state index is 13.2. The van der Waals surface area contributed by atoms with E-state index in [1.807, 2.05) is 32.0 Å². The molecule has 1 N–H and O–H groups in total. The molecule has 0 aliphatic heterocycles. The second kappa shape index (κ2) is 7.17. The van der Waals surface area contributed by atoms with Crippen molar-refractivity contribution in [2.45, 2.75) is 51.2 Å². The van der Waals surface area contributed by atoms with Gasteiger partial charge in [-0.3, -0.25) is 0 Å². The summed E-state index contributed by atoms with van der Waals surface area (Å²) >= 11 is 0. The van der Waals surface area contributed by atoms with Crippen LogP contribution in [-0.4, -0.2) is 20.2 Å². The predicted octanol–water partition coefficient (Wildman–Crippen LogP) is 5.18. The Bertz CT molecular complexity index is 999. The molecule has 0 spiro atoms. The molecule has 0 bridgehead atoms. The zero-order valence-corrected chi connectivity index (χ0v) is 16.3. The average molecular weight is 401 g/mol. The molecule has 2 aromatic carbocycles. The van der Waals surface area contributed by atoms with E-state index >= 15 is 0 Å². The van der Waals surface area contributed by atoms with Gasteiger partial charge in [0.2, 0.25) is 0 Å². The fourth-order valence-electron chi connectivity index (χ4n) is 4.21. The van der Waals surface area contributed by atoms with Gasteiger partial charge < -0.3 is 5.32 Å². The van der Waals surface area contributed by atoms with Crippen LogP contribution in [0.2, 0.25) is 0 Å². The van der Waals surface area contributed by atoms with Crippen LogP contribution in [0.15, 0.2) is 42.5 Å². The lowest BCUT2D eigenvalue weighted by molar-refractivity contribution is -0.137. The molecule has 1 fully saturated rings. The Morgan fingerprint density at radius 3 is 2.31 bits per heavy atom. The lowest BCUT2D eigenvalue weighted by atomic mass is 9.95. The second-order valence-corrected chi connectivity index (χ2v) is 7.65. The first-order chi connectivity index (χ1) is 13.8. The van der Waals surface area contributed by atoms with E-state index in [2.05, 4.69) is 20.8 Å². The zero-order chi connectivity index (χ0) is 20.6. The van der Waals surface area contributed by atoms with Gasteiger partial charge in [0.05, 0.1) is 16.8 Å². The van der Waals surface area contributed by atoms with Gasteiger partial charge in [-0.1, -0.05) is 37.1 Å². The molecular formula is C21H22F3N5. The first-order valence-electron chi connectivity index (χ1n) is 9.61. The molecule has 1 aliphatic rings. The van der Waals surface area contributed by atoms with E-state index in [1.165, 1.54) is 6.07 Å². The van der Waals surface area contributed by atoms with E-state index in [-0.39, 0.29) is 0 Å². The van der Waals surface area contributed by atoms with Crippen molar-refractivity contribution in [3.63, 3.8) is 0 Å². The van der Waals surface area contributed by atoms with Crippen LogP contribution < -0.4 is 5.32 Å². The summed E-state index contributed by atoms with van der Waals surface area (Å²) in [7, 11) is 0. The Labute approximate surface area is 166 Å². The number of aryl methyl sites for hydroxylation is 2. The smallest absolute Gasteiger partial charge is 0.373 e. The molecule has 1 heterocycles. The highest BCUT2D eigenvalue weighted by Crippen LogP contribution is 2.42. The molecule has 0 saturated heterocycles. The predicted molar refractivity (Wildman–Crippen MR) is 104 cm³/mol. The summed E-state index contributed by atoms with van der Waals surface area (Å²) in [4.78, 5) is 0.